The van der Waals surface area contributed by atoms with Gasteiger partial charge in [-0.1, -0.05) is 12.6 Å². The van der Waals surface area contributed by atoms with Gasteiger partial charge in [-0.15, -0.1) is 0 Å². The number of anilines is 3. The highest BCUT2D eigenvalue weighted by molar-refractivity contribution is 7.86. The molecule has 0 saturated carbocycles. The predicted octanol–water partition coefficient (Wildman–Crippen LogP) is 2.37. The van der Waals surface area contributed by atoms with Crippen molar-refractivity contribution in [3.05, 3.63) is 66.9 Å². The van der Waals surface area contributed by atoms with Gasteiger partial charge in [0.25, 0.3) is 10.2 Å². The van der Waals surface area contributed by atoms with Crippen LogP contribution >= 0.6 is 0 Å². The van der Waals surface area contributed by atoms with Crippen LogP contribution in [0.15, 0.2) is 71.9 Å². The highest BCUT2D eigenvalue weighted by atomic mass is 32.2. The second-order valence-electron chi connectivity index (χ2n) is 8.91. The highest BCUT2D eigenvalue weighted by Crippen LogP contribution is 2.35. The molecule has 2 aliphatic heterocycles. The molecule has 1 unspecified atom stereocenters. The number of nitrogens with two attached hydrogens (primary N) is 1. The Morgan fingerprint density at radius 2 is 1.93 bits per heavy atom. The minimum Gasteiger partial charge on any atom is -0.495 e. The monoisotopic (exact) mass is 595 g/mol. The molecule has 220 valence electrons. The summed E-state index contributed by atoms with van der Waals surface area (Å²) in [4.78, 5) is 17.7. The third kappa shape index (κ3) is 7.27. The molecule has 2 aromatic carbocycles. The number of nitrogens with zero attached hydrogens (tertiary/aromatic N) is 3. The number of hydrogen-bond donors (Lipinski definition) is 4. The first-order valence-electron chi connectivity index (χ1n) is 12.1. The van der Waals surface area contributed by atoms with E-state index in [0.29, 0.717) is 36.4 Å². The van der Waals surface area contributed by atoms with Gasteiger partial charge in [-0.2, -0.15) is 25.9 Å². The first kappa shape index (κ1) is 29.7. The van der Waals surface area contributed by atoms with Crippen molar-refractivity contribution in [2.75, 3.05) is 48.8 Å². The number of carbonyl (C=O) groups excluding carboxylic acids is 1. The van der Waals surface area contributed by atoms with Crippen molar-refractivity contribution >= 4 is 39.4 Å². The Bertz CT molecular complexity index is 1470. The third-order valence-electron chi connectivity index (χ3n) is 6.14. The molecule has 0 radical (unpaired) electrons. The van der Waals surface area contributed by atoms with Crippen molar-refractivity contribution in [3.8, 4) is 11.5 Å². The van der Waals surface area contributed by atoms with Crippen LogP contribution in [0.5, 0.6) is 11.5 Å². The van der Waals surface area contributed by atoms with E-state index in [2.05, 4.69) is 27.5 Å². The third-order valence-corrected chi connectivity index (χ3v) is 7.23. The summed E-state index contributed by atoms with van der Waals surface area (Å²) in [5.74, 6) is -1.92. The smallest absolute Gasteiger partial charge is 0.419 e. The fourth-order valence-corrected chi connectivity index (χ4v) is 4.75. The van der Waals surface area contributed by atoms with Crippen LogP contribution in [-0.4, -0.2) is 70.3 Å². The molecule has 2 aliphatic rings. The Morgan fingerprint density at radius 1 is 1.20 bits per heavy atom. The van der Waals surface area contributed by atoms with E-state index in [4.69, 9.17) is 14.6 Å². The SMILES string of the molecule is C=CC(=O)Nc1cccc(OC2(Nc3ccc(N4CCN(S(N)(=O)=O)CC4)cc3OC)N=CC(C(F)(F)F)=CN2)c1. The molecule has 1 saturated heterocycles. The maximum absolute atomic E-state index is 13.3. The summed E-state index contributed by atoms with van der Waals surface area (Å²) in [5.41, 5.74) is 0.385. The number of allylic oxidation sites excluding steroid dienone is 1. The van der Waals surface area contributed by atoms with E-state index in [1.807, 2.05) is 4.90 Å². The van der Waals surface area contributed by atoms with Crippen LogP contribution in [0, 0.1) is 0 Å². The molecular weight excluding hydrogens is 567 g/mol. The van der Waals surface area contributed by atoms with E-state index in [9.17, 15) is 26.4 Å². The number of carbonyl (C=O) groups is 1. The number of piperazine rings is 1. The number of rotatable bonds is 9. The van der Waals surface area contributed by atoms with Gasteiger partial charge in [0.15, 0.2) is 0 Å². The van der Waals surface area contributed by atoms with Crippen LogP contribution in [0.25, 0.3) is 0 Å². The molecule has 0 spiro atoms. The van der Waals surface area contributed by atoms with Gasteiger partial charge in [-0.25, -0.2) is 10.1 Å². The van der Waals surface area contributed by atoms with Crippen molar-refractivity contribution in [3.63, 3.8) is 0 Å². The molecular formula is C25H28F3N7O5S. The van der Waals surface area contributed by atoms with Gasteiger partial charge in [-0.05, 0) is 30.3 Å². The second-order valence-corrected chi connectivity index (χ2v) is 10.5. The highest BCUT2D eigenvalue weighted by Gasteiger charge is 2.40. The van der Waals surface area contributed by atoms with Gasteiger partial charge in [-0.3, -0.25) is 4.79 Å². The van der Waals surface area contributed by atoms with Crippen LogP contribution in [0.4, 0.5) is 30.2 Å². The van der Waals surface area contributed by atoms with Gasteiger partial charge in [0, 0.05) is 62.1 Å². The van der Waals surface area contributed by atoms with Crippen molar-refractivity contribution in [1.82, 2.24) is 9.62 Å². The number of ether oxygens (including phenoxy) is 2. The van der Waals surface area contributed by atoms with Gasteiger partial charge < -0.3 is 30.3 Å². The lowest BCUT2D eigenvalue weighted by Crippen LogP contribution is -2.55. The zero-order valence-corrected chi connectivity index (χ0v) is 22.6. The van der Waals surface area contributed by atoms with Crippen LogP contribution in [0.2, 0.25) is 0 Å². The van der Waals surface area contributed by atoms with Crippen LogP contribution in [0.3, 0.4) is 0 Å². The average Bonchev–Trinajstić information content (AvgIpc) is 2.92. The van der Waals surface area contributed by atoms with E-state index in [1.165, 1.54) is 23.5 Å². The van der Waals surface area contributed by atoms with Gasteiger partial charge in [0.1, 0.15) is 11.5 Å². The summed E-state index contributed by atoms with van der Waals surface area (Å²) in [5, 5.41) is 13.3. The number of halogens is 3. The normalized spacial score (nSPS) is 19.5. The molecule has 2 aromatic rings. The minimum absolute atomic E-state index is 0.163. The molecule has 1 amide bonds. The summed E-state index contributed by atoms with van der Waals surface area (Å²) < 4.78 is 75.9. The summed E-state index contributed by atoms with van der Waals surface area (Å²) in [6, 6.07) is 11.2. The molecule has 16 heteroatoms. The fourth-order valence-electron chi connectivity index (χ4n) is 4.08. The Balaban J connectivity index is 1.60. The van der Waals surface area contributed by atoms with E-state index in [1.54, 1.807) is 30.3 Å². The number of amides is 1. The lowest BCUT2D eigenvalue weighted by atomic mass is 10.2. The van der Waals surface area contributed by atoms with Crippen LogP contribution in [-0.2, 0) is 15.0 Å². The Labute approximate surface area is 234 Å². The molecule has 41 heavy (non-hydrogen) atoms. The fraction of sp³-hybridized carbons (Fsp3) is 0.280. The van der Waals surface area contributed by atoms with Gasteiger partial charge in [0.05, 0.1) is 18.4 Å². The quantitative estimate of drug-likeness (QED) is 0.255. The molecule has 12 nitrogen and oxygen atoms in total. The van der Waals surface area contributed by atoms with Crippen molar-refractivity contribution in [1.29, 1.82) is 0 Å². The molecule has 0 bridgehead atoms. The first-order valence-corrected chi connectivity index (χ1v) is 13.6. The van der Waals surface area contributed by atoms with Crippen molar-refractivity contribution in [2.45, 2.75) is 12.1 Å². The number of alkyl halides is 3. The van der Waals surface area contributed by atoms with Gasteiger partial charge >= 0.3 is 12.1 Å². The maximum atomic E-state index is 13.3. The van der Waals surface area contributed by atoms with Gasteiger partial charge in [0.2, 0.25) is 5.91 Å². The van der Waals surface area contributed by atoms with Crippen molar-refractivity contribution in [2.24, 2.45) is 10.1 Å². The summed E-state index contributed by atoms with van der Waals surface area (Å²) in [6.07, 6.45) is -2.19. The van der Waals surface area contributed by atoms with Crippen LogP contribution < -0.4 is 35.5 Å². The average molecular weight is 596 g/mol. The van der Waals surface area contributed by atoms with E-state index in [0.717, 1.165) is 18.0 Å². The van der Waals surface area contributed by atoms with Crippen LogP contribution in [0.1, 0.15) is 0 Å². The number of methoxy groups -OCH3 is 1. The summed E-state index contributed by atoms with van der Waals surface area (Å²) >= 11 is 0. The zero-order valence-electron chi connectivity index (χ0n) is 21.8. The Hall–Kier alpha value is -4.28. The largest absolute Gasteiger partial charge is 0.495 e. The zero-order chi connectivity index (χ0) is 29.8. The predicted molar refractivity (Wildman–Crippen MR) is 148 cm³/mol. The van der Waals surface area contributed by atoms with E-state index < -0.39 is 33.8 Å². The molecule has 0 aromatic heterocycles. The Kier molecular flexibility index (Phi) is 8.46. The molecule has 4 rings (SSSR count). The lowest BCUT2D eigenvalue weighted by Gasteiger charge is -2.36. The summed E-state index contributed by atoms with van der Waals surface area (Å²) in [7, 11) is -2.37. The molecule has 0 aliphatic carbocycles. The summed E-state index contributed by atoms with van der Waals surface area (Å²) in [6.45, 7) is 4.57. The Morgan fingerprint density at radius 3 is 2.51 bits per heavy atom. The molecule has 1 atom stereocenters. The topological polar surface area (TPSA) is 151 Å². The maximum Gasteiger partial charge on any atom is 0.419 e. The molecule has 2 heterocycles. The number of benzene rings is 2. The standard InChI is InChI=1S/C25H28F3N7O5S/c1-3-23(36)32-18-5-4-6-20(13-18)40-25(30-15-17(16-31-25)24(26,27)28)33-21-8-7-19(14-22(21)39-2)34-9-11-35(12-10-34)41(29,37)38/h3-8,13-16,30,33H,1,9-12H2,2H3,(H,32,36)(H2,29,37,38). The minimum atomic E-state index is -4.65. The number of aliphatic imine (C=N–C) groups is 1. The molecule has 5 N–H and O–H groups in total. The first-order chi connectivity index (χ1) is 19.3. The lowest BCUT2D eigenvalue weighted by molar-refractivity contribution is -0.111. The number of nitrogens with one attached hydrogen (secondary N) is 3. The van der Waals surface area contributed by atoms with Crippen molar-refractivity contribution < 1.29 is 35.9 Å². The van der Waals surface area contributed by atoms with E-state index in [-0.39, 0.29) is 18.8 Å². The van der Waals surface area contributed by atoms with E-state index >= 15 is 0 Å². The molecule has 1 fully saturated rings. The second kappa shape index (κ2) is 11.7. The number of hydrogen-bond acceptors (Lipinski definition) is 9.